The average Bonchev–Trinajstić information content (AvgIpc) is 3.42. The highest BCUT2D eigenvalue weighted by Gasteiger charge is 2.36. The maximum Gasteiger partial charge on any atom is 0.200 e. The van der Waals surface area contributed by atoms with E-state index in [2.05, 4.69) is 125 Å². The lowest BCUT2D eigenvalue weighted by Crippen LogP contribution is -2.09. The van der Waals surface area contributed by atoms with Crippen molar-refractivity contribution in [2.24, 2.45) is 0 Å². The molecule has 0 radical (unpaired) electrons. The lowest BCUT2D eigenvalue weighted by atomic mass is 9.79. The van der Waals surface area contributed by atoms with Crippen LogP contribution in [0.25, 0.3) is 55.3 Å². The molecule has 1 aliphatic rings. The van der Waals surface area contributed by atoms with Crippen molar-refractivity contribution < 1.29 is 4.42 Å². The second-order valence-corrected chi connectivity index (χ2v) is 13.2. The fraction of sp³-hybridized carbons (Fsp3) is 0.159. The second-order valence-electron chi connectivity index (χ2n) is 13.2. The predicted octanol–water partition coefficient (Wildman–Crippen LogP) is 11.7. The van der Waals surface area contributed by atoms with E-state index in [0.717, 1.165) is 5.56 Å². The Morgan fingerprint density at radius 3 is 1.54 bits per heavy atom. The van der Waals surface area contributed by atoms with Gasteiger partial charge in [-0.3, -0.25) is 4.79 Å². The number of hydrogen-bond donors (Lipinski definition) is 0. The first-order valence-electron chi connectivity index (χ1n) is 16.3. The highest BCUT2D eigenvalue weighted by molar-refractivity contribution is 5.92. The van der Waals surface area contributed by atoms with Crippen LogP contribution in [0.5, 0.6) is 0 Å². The molecule has 0 bridgehead atoms. The van der Waals surface area contributed by atoms with E-state index >= 15 is 0 Å². The van der Waals surface area contributed by atoms with E-state index in [1.165, 1.54) is 55.6 Å². The summed E-state index contributed by atoms with van der Waals surface area (Å²) in [7, 11) is 0. The van der Waals surface area contributed by atoms with E-state index < -0.39 is 0 Å². The van der Waals surface area contributed by atoms with E-state index in [1.807, 2.05) is 30.3 Å². The fourth-order valence-electron chi connectivity index (χ4n) is 7.47. The molecule has 0 saturated carbocycles. The molecule has 0 spiro atoms. The third-order valence-corrected chi connectivity index (χ3v) is 9.69. The normalized spacial score (nSPS) is 12.7. The first-order valence-corrected chi connectivity index (χ1v) is 16.3. The maximum atomic E-state index is 13.5. The Labute approximate surface area is 270 Å². The topological polar surface area (TPSA) is 30.2 Å². The first-order chi connectivity index (χ1) is 22.4. The van der Waals surface area contributed by atoms with Crippen molar-refractivity contribution in [1.82, 2.24) is 0 Å². The summed E-state index contributed by atoms with van der Waals surface area (Å²) in [6.45, 7) is 9.20. The van der Waals surface area contributed by atoms with Crippen LogP contribution in [-0.2, 0) is 0 Å². The summed E-state index contributed by atoms with van der Waals surface area (Å²) in [4.78, 5) is 13.5. The van der Waals surface area contributed by atoms with Crippen molar-refractivity contribution in [1.29, 1.82) is 0 Å². The number of rotatable bonds is 5. The summed E-state index contributed by atoms with van der Waals surface area (Å²) in [5.41, 5.74) is 15.4. The molecule has 0 fully saturated rings. The monoisotopic (exact) mass is 596 g/mol. The molecule has 1 heterocycles. The molecule has 0 N–H and O–H groups in total. The minimum atomic E-state index is 0.00983. The largest absolute Gasteiger partial charge is 0.456 e. The van der Waals surface area contributed by atoms with Gasteiger partial charge in [0.1, 0.15) is 11.2 Å². The highest BCUT2D eigenvalue weighted by Crippen LogP contribution is 2.55. The summed E-state index contributed by atoms with van der Waals surface area (Å²) in [6.07, 6.45) is 0. The number of benzene rings is 6. The van der Waals surface area contributed by atoms with E-state index in [0.29, 0.717) is 33.8 Å². The van der Waals surface area contributed by atoms with Crippen molar-refractivity contribution in [3.05, 3.63) is 165 Å². The first kappa shape index (κ1) is 28.3. The van der Waals surface area contributed by atoms with Gasteiger partial charge < -0.3 is 4.42 Å². The minimum Gasteiger partial charge on any atom is -0.456 e. The molecule has 6 aromatic carbocycles. The van der Waals surface area contributed by atoms with Gasteiger partial charge in [0.25, 0.3) is 0 Å². The van der Waals surface area contributed by atoms with Gasteiger partial charge in [0.2, 0.25) is 5.43 Å². The second kappa shape index (κ2) is 11.0. The molecule has 7 aromatic rings. The summed E-state index contributed by atoms with van der Waals surface area (Å²) in [6, 6.07) is 44.8. The molecule has 224 valence electrons. The van der Waals surface area contributed by atoms with Crippen LogP contribution in [0.2, 0.25) is 0 Å². The fourth-order valence-corrected chi connectivity index (χ4v) is 7.47. The van der Waals surface area contributed by atoms with Gasteiger partial charge in [-0.2, -0.15) is 0 Å². The Morgan fingerprint density at radius 1 is 0.500 bits per heavy atom. The molecule has 0 saturated heterocycles. The van der Waals surface area contributed by atoms with Crippen molar-refractivity contribution >= 4 is 21.9 Å². The lowest BCUT2D eigenvalue weighted by Gasteiger charge is -2.24. The van der Waals surface area contributed by atoms with Crippen LogP contribution in [0, 0.1) is 0 Å². The van der Waals surface area contributed by atoms with Crippen LogP contribution in [-0.4, -0.2) is 0 Å². The van der Waals surface area contributed by atoms with E-state index in [-0.39, 0.29) is 11.3 Å². The Morgan fingerprint density at radius 2 is 1.00 bits per heavy atom. The zero-order valence-electron chi connectivity index (χ0n) is 26.7. The van der Waals surface area contributed by atoms with Gasteiger partial charge in [-0.15, -0.1) is 0 Å². The smallest absolute Gasteiger partial charge is 0.200 e. The molecule has 2 heteroatoms. The molecule has 0 unspecified atom stereocenters. The quantitative estimate of drug-likeness (QED) is 0.185. The Hall–Kier alpha value is -5.21. The van der Waals surface area contributed by atoms with Crippen molar-refractivity contribution in [2.75, 3.05) is 0 Å². The number of hydrogen-bond acceptors (Lipinski definition) is 2. The molecular weight excluding hydrogens is 560 g/mol. The van der Waals surface area contributed by atoms with Gasteiger partial charge in [0.15, 0.2) is 0 Å². The molecule has 0 aliphatic heterocycles. The summed E-state index contributed by atoms with van der Waals surface area (Å²) in [5.74, 6) is 0.635. The number of para-hydroxylation sites is 1. The zero-order valence-corrected chi connectivity index (χ0v) is 26.7. The zero-order chi connectivity index (χ0) is 31.5. The van der Waals surface area contributed by atoms with Crippen LogP contribution in [0.3, 0.4) is 0 Å². The van der Waals surface area contributed by atoms with Crippen LogP contribution >= 0.6 is 0 Å². The van der Waals surface area contributed by atoms with Gasteiger partial charge in [-0.25, -0.2) is 0 Å². The van der Waals surface area contributed by atoms with Crippen LogP contribution in [0.15, 0.2) is 137 Å². The predicted molar refractivity (Wildman–Crippen MR) is 192 cm³/mol. The maximum absolute atomic E-state index is 13.5. The molecule has 46 heavy (non-hydrogen) atoms. The van der Waals surface area contributed by atoms with Gasteiger partial charge in [0.05, 0.1) is 10.8 Å². The third-order valence-electron chi connectivity index (χ3n) is 9.69. The van der Waals surface area contributed by atoms with E-state index in [9.17, 15) is 4.79 Å². The molecule has 8 rings (SSSR count). The van der Waals surface area contributed by atoms with Gasteiger partial charge in [-0.05, 0) is 109 Å². The summed E-state index contributed by atoms with van der Waals surface area (Å²) in [5, 5.41) is 1.23. The van der Waals surface area contributed by atoms with E-state index in [4.69, 9.17) is 4.42 Å². The van der Waals surface area contributed by atoms with Crippen LogP contribution < -0.4 is 5.43 Å². The third kappa shape index (κ3) is 4.51. The average molecular weight is 597 g/mol. The highest BCUT2D eigenvalue weighted by atomic mass is 16.3. The van der Waals surface area contributed by atoms with Crippen molar-refractivity contribution in [2.45, 2.75) is 45.4 Å². The molecule has 2 nitrogen and oxygen atoms in total. The van der Waals surface area contributed by atoms with Gasteiger partial charge in [0, 0.05) is 5.92 Å². The Balaban J connectivity index is 1.46. The molecule has 0 amide bonds. The Bertz CT molecular complexity index is 2220. The van der Waals surface area contributed by atoms with Crippen molar-refractivity contribution in [3.63, 3.8) is 0 Å². The lowest BCUT2D eigenvalue weighted by molar-refractivity contribution is 0.659. The minimum absolute atomic E-state index is 0.00983. The summed E-state index contributed by atoms with van der Waals surface area (Å²) >= 11 is 0. The van der Waals surface area contributed by atoms with Crippen LogP contribution in [0.1, 0.15) is 73.3 Å². The molecule has 0 atom stereocenters. The van der Waals surface area contributed by atoms with Crippen molar-refractivity contribution in [3.8, 4) is 33.4 Å². The SMILES string of the molecule is CC(C)c1cc(-c2ccccc2)cc2c1C(c1ccc3c(=O)c4ccccc4oc3c1)c1c-2cc(-c2ccccc2)cc1C(C)C. The van der Waals surface area contributed by atoms with Crippen LogP contribution in [0.4, 0.5) is 0 Å². The van der Waals surface area contributed by atoms with Gasteiger partial charge in [-0.1, -0.05) is 119 Å². The standard InChI is InChI=1S/C44H36O2/c1-26(2)35-21-31(28-13-7-5-8-14-28)23-37-38-24-32(29-15-9-6-10-16-29)22-36(27(3)4)43(38)41(42(35)37)30-19-20-34-40(25-30)46-39-18-12-11-17-33(39)44(34)45/h5-27,41H,1-4H3. The Kier molecular flexibility index (Phi) is 6.76. The molecule has 1 aromatic heterocycles. The molecule has 1 aliphatic carbocycles. The van der Waals surface area contributed by atoms with Gasteiger partial charge >= 0.3 is 0 Å². The molecular formula is C44H36O2. The van der Waals surface area contributed by atoms with E-state index in [1.54, 1.807) is 0 Å². The number of fused-ring (bicyclic) bond motifs is 5. The summed E-state index contributed by atoms with van der Waals surface area (Å²) < 4.78 is 6.41.